The lowest BCUT2D eigenvalue weighted by molar-refractivity contribution is -0.120. The van der Waals surface area contributed by atoms with Crippen molar-refractivity contribution in [3.63, 3.8) is 0 Å². The summed E-state index contributed by atoms with van der Waals surface area (Å²) in [4.78, 5) is 11.0. The molecule has 1 aromatic carbocycles. The molecule has 0 bridgehead atoms. The highest BCUT2D eigenvalue weighted by Gasteiger charge is 2.10. The molecule has 0 heterocycles. The van der Waals surface area contributed by atoms with Crippen LogP contribution in [0.25, 0.3) is 0 Å². The van der Waals surface area contributed by atoms with Crippen LogP contribution in [0, 0.1) is 0 Å². The minimum absolute atomic E-state index is 0.00518. The normalized spacial score (nSPS) is 12.1. The largest absolute Gasteiger partial charge is 0.375 e. The second kappa shape index (κ2) is 6.16. The van der Waals surface area contributed by atoms with E-state index >= 15 is 0 Å². The summed E-state index contributed by atoms with van der Waals surface area (Å²) in [7, 11) is 1.62. The molecule has 1 aromatic rings. The zero-order valence-corrected chi connectivity index (χ0v) is 8.77. The highest BCUT2D eigenvalue weighted by molar-refractivity contribution is 5.77. The van der Waals surface area contributed by atoms with Gasteiger partial charge in [0.1, 0.15) is 0 Å². The Morgan fingerprint density at radius 2 is 2.13 bits per heavy atom. The highest BCUT2D eigenvalue weighted by Crippen LogP contribution is 2.14. The topological polar surface area (TPSA) is 64.3 Å². The molecule has 0 spiro atoms. The van der Waals surface area contributed by atoms with Crippen LogP contribution >= 0.6 is 0 Å². The molecular weight excluding hydrogens is 192 g/mol. The van der Waals surface area contributed by atoms with Crippen molar-refractivity contribution in [2.24, 2.45) is 5.73 Å². The number of hydrogen-bond acceptors (Lipinski definition) is 3. The first-order chi connectivity index (χ1) is 7.27. The van der Waals surface area contributed by atoms with Crippen LogP contribution in [0.15, 0.2) is 30.3 Å². The molecule has 1 atom stereocenters. The first kappa shape index (κ1) is 11.7. The summed E-state index contributed by atoms with van der Waals surface area (Å²) in [5.74, 6) is -0.173. The van der Waals surface area contributed by atoms with Crippen molar-refractivity contribution in [3.05, 3.63) is 35.9 Å². The lowest BCUT2D eigenvalue weighted by Crippen LogP contribution is -2.33. The van der Waals surface area contributed by atoms with E-state index in [1.165, 1.54) is 0 Å². The summed E-state index contributed by atoms with van der Waals surface area (Å²) in [5, 5.41) is 2.69. The van der Waals surface area contributed by atoms with Crippen molar-refractivity contribution in [2.45, 2.75) is 6.10 Å². The molecular formula is C11H16N2O2. The van der Waals surface area contributed by atoms with Crippen LogP contribution in [0.4, 0.5) is 0 Å². The minimum Gasteiger partial charge on any atom is -0.375 e. The van der Waals surface area contributed by atoms with Crippen LogP contribution in [0.1, 0.15) is 11.7 Å². The van der Waals surface area contributed by atoms with Gasteiger partial charge < -0.3 is 15.8 Å². The van der Waals surface area contributed by atoms with Crippen molar-refractivity contribution in [1.82, 2.24) is 5.32 Å². The fourth-order valence-corrected chi connectivity index (χ4v) is 1.28. The molecule has 1 amide bonds. The van der Waals surface area contributed by atoms with Gasteiger partial charge in [-0.2, -0.15) is 0 Å². The van der Waals surface area contributed by atoms with E-state index in [9.17, 15) is 4.79 Å². The molecule has 1 unspecified atom stereocenters. The van der Waals surface area contributed by atoms with E-state index in [0.29, 0.717) is 6.54 Å². The molecule has 0 fully saturated rings. The summed E-state index contributed by atoms with van der Waals surface area (Å²) in [6, 6.07) is 9.73. The summed E-state index contributed by atoms with van der Waals surface area (Å²) in [6.07, 6.45) is -0.123. The second-order valence-corrected chi connectivity index (χ2v) is 3.14. The number of ether oxygens (including phenoxy) is 1. The van der Waals surface area contributed by atoms with Gasteiger partial charge >= 0.3 is 0 Å². The summed E-state index contributed by atoms with van der Waals surface area (Å²) >= 11 is 0. The minimum atomic E-state index is -0.173. The number of methoxy groups -OCH3 is 1. The Bertz CT molecular complexity index is 301. The van der Waals surface area contributed by atoms with Gasteiger partial charge in [-0.3, -0.25) is 4.79 Å². The second-order valence-electron chi connectivity index (χ2n) is 3.14. The molecule has 0 radical (unpaired) electrons. The third-order valence-electron chi connectivity index (χ3n) is 2.13. The van der Waals surface area contributed by atoms with Gasteiger partial charge in [0.2, 0.25) is 5.91 Å². The van der Waals surface area contributed by atoms with E-state index in [1.807, 2.05) is 30.3 Å². The lowest BCUT2D eigenvalue weighted by Gasteiger charge is -2.16. The van der Waals surface area contributed by atoms with Gasteiger partial charge in [-0.25, -0.2) is 0 Å². The Morgan fingerprint density at radius 1 is 1.47 bits per heavy atom. The molecule has 4 nitrogen and oxygen atoms in total. The first-order valence-corrected chi connectivity index (χ1v) is 4.82. The molecule has 15 heavy (non-hydrogen) atoms. The quantitative estimate of drug-likeness (QED) is 0.738. The summed E-state index contributed by atoms with van der Waals surface area (Å²) in [6.45, 7) is 0.446. The molecule has 0 aliphatic rings. The number of nitrogens with one attached hydrogen (secondary N) is 1. The number of hydrogen-bond donors (Lipinski definition) is 2. The van der Waals surface area contributed by atoms with E-state index in [2.05, 4.69) is 5.32 Å². The summed E-state index contributed by atoms with van der Waals surface area (Å²) in [5.41, 5.74) is 6.22. The monoisotopic (exact) mass is 208 g/mol. The van der Waals surface area contributed by atoms with E-state index in [1.54, 1.807) is 7.11 Å². The van der Waals surface area contributed by atoms with Crippen LogP contribution in [0.5, 0.6) is 0 Å². The molecule has 0 aromatic heterocycles. The molecule has 0 aliphatic carbocycles. The van der Waals surface area contributed by atoms with Gasteiger partial charge in [-0.1, -0.05) is 30.3 Å². The highest BCUT2D eigenvalue weighted by atomic mass is 16.5. The van der Waals surface area contributed by atoms with E-state index in [0.717, 1.165) is 5.56 Å². The number of rotatable bonds is 5. The van der Waals surface area contributed by atoms with E-state index in [4.69, 9.17) is 10.5 Å². The Labute approximate surface area is 89.4 Å². The molecule has 1 rings (SSSR count). The molecule has 0 saturated heterocycles. The molecule has 4 heteroatoms. The van der Waals surface area contributed by atoms with Crippen LogP contribution < -0.4 is 11.1 Å². The standard InChI is InChI=1S/C11H16N2O2/c1-15-10(8-13-11(14)7-12)9-5-3-2-4-6-9/h2-6,10H,7-8,12H2,1H3,(H,13,14). The lowest BCUT2D eigenvalue weighted by atomic mass is 10.1. The van der Waals surface area contributed by atoms with Crippen LogP contribution in [-0.2, 0) is 9.53 Å². The maximum atomic E-state index is 11.0. The predicted molar refractivity (Wildman–Crippen MR) is 58.3 cm³/mol. The average molecular weight is 208 g/mol. The van der Waals surface area contributed by atoms with Crippen LogP contribution in [0.2, 0.25) is 0 Å². The third kappa shape index (κ3) is 3.69. The van der Waals surface area contributed by atoms with Crippen LogP contribution in [-0.4, -0.2) is 26.1 Å². The van der Waals surface area contributed by atoms with E-state index < -0.39 is 0 Å². The smallest absolute Gasteiger partial charge is 0.233 e. The van der Waals surface area contributed by atoms with Crippen molar-refractivity contribution in [2.75, 3.05) is 20.2 Å². The predicted octanol–water partition coefficient (Wildman–Crippen LogP) is 0.449. The Kier molecular flexibility index (Phi) is 4.80. The van der Waals surface area contributed by atoms with Gasteiger partial charge in [0.25, 0.3) is 0 Å². The Balaban J connectivity index is 2.53. The molecule has 3 N–H and O–H groups in total. The van der Waals surface area contributed by atoms with Gasteiger partial charge in [0.15, 0.2) is 0 Å². The van der Waals surface area contributed by atoms with Gasteiger partial charge in [0, 0.05) is 13.7 Å². The van der Waals surface area contributed by atoms with Gasteiger partial charge in [-0.05, 0) is 5.56 Å². The molecule has 0 aliphatic heterocycles. The maximum Gasteiger partial charge on any atom is 0.233 e. The SMILES string of the molecule is COC(CNC(=O)CN)c1ccccc1. The fourth-order valence-electron chi connectivity index (χ4n) is 1.28. The van der Waals surface area contributed by atoms with E-state index in [-0.39, 0.29) is 18.6 Å². The number of nitrogens with two attached hydrogens (primary N) is 1. The van der Waals surface area contributed by atoms with Gasteiger partial charge in [-0.15, -0.1) is 0 Å². The number of amides is 1. The Hall–Kier alpha value is -1.39. The van der Waals surface area contributed by atoms with Crippen molar-refractivity contribution >= 4 is 5.91 Å². The van der Waals surface area contributed by atoms with Crippen LogP contribution in [0.3, 0.4) is 0 Å². The number of benzene rings is 1. The third-order valence-corrected chi connectivity index (χ3v) is 2.13. The fraction of sp³-hybridized carbons (Fsp3) is 0.364. The van der Waals surface area contributed by atoms with Crippen molar-refractivity contribution in [1.29, 1.82) is 0 Å². The first-order valence-electron chi connectivity index (χ1n) is 4.82. The zero-order chi connectivity index (χ0) is 11.1. The number of carbonyl (C=O) groups excluding carboxylic acids is 1. The Morgan fingerprint density at radius 3 is 2.67 bits per heavy atom. The van der Waals surface area contributed by atoms with Crippen molar-refractivity contribution < 1.29 is 9.53 Å². The number of carbonyl (C=O) groups is 1. The zero-order valence-electron chi connectivity index (χ0n) is 8.77. The molecule has 0 saturated carbocycles. The van der Waals surface area contributed by atoms with Gasteiger partial charge in [0.05, 0.1) is 12.6 Å². The van der Waals surface area contributed by atoms with Crippen molar-refractivity contribution in [3.8, 4) is 0 Å². The maximum absolute atomic E-state index is 11.0. The molecule has 82 valence electrons. The average Bonchev–Trinajstić information content (AvgIpc) is 2.31. The summed E-state index contributed by atoms with van der Waals surface area (Å²) < 4.78 is 5.28.